The Labute approximate surface area is 123 Å². The molecule has 0 aromatic carbocycles. The summed E-state index contributed by atoms with van der Waals surface area (Å²) in [6.45, 7) is 5.49. The molecule has 0 amide bonds. The topological polar surface area (TPSA) is 61.4 Å². The van der Waals surface area contributed by atoms with Crippen LogP contribution in [0.1, 0.15) is 45.4 Å². The van der Waals surface area contributed by atoms with Crippen molar-refractivity contribution in [2.75, 3.05) is 31.9 Å². The first kappa shape index (κ1) is 16.2. The van der Waals surface area contributed by atoms with E-state index in [0.29, 0.717) is 18.6 Å². The summed E-state index contributed by atoms with van der Waals surface area (Å²) in [5.41, 5.74) is 0. The van der Waals surface area contributed by atoms with Gasteiger partial charge in [-0.25, -0.2) is 13.1 Å². The van der Waals surface area contributed by atoms with Gasteiger partial charge in [0.2, 0.25) is 10.0 Å². The maximum atomic E-state index is 11.8. The highest BCUT2D eigenvalue weighted by molar-refractivity contribution is 7.89. The molecule has 0 aromatic rings. The predicted molar refractivity (Wildman–Crippen MR) is 82.3 cm³/mol. The number of unbranched alkanes of at least 4 members (excludes halogenated alkanes) is 1. The lowest BCUT2D eigenvalue weighted by molar-refractivity contribution is 0.282. The van der Waals surface area contributed by atoms with Gasteiger partial charge in [-0.15, -0.1) is 0 Å². The molecule has 6 heteroatoms. The summed E-state index contributed by atoms with van der Waals surface area (Å²) in [6.07, 6.45) is 6.81. The Bertz CT molecular complexity index is 378. The van der Waals surface area contributed by atoms with E-state index in [-0.39, 0.29) is 5.75 Å². The van der Waals surface area contributed by atoms with Gasteiger partial charge in [0, 0.05) is 25.2 Å². The average Bonchev–Trinajstić information content (AvgIpc) is 3.26. The van der Waals surface area contributed by atoms with Crippen LogP contribution < -0.4 is 10.0 Å². The minimum atomic E-state index is -3.08. The third-order valence-electron chi connectivity index (χ3n) is 4.04. The first-order valence-corrected chi connectivity index (χ1v) is 9.70. The lowest BCUT2D eigenvalue weighted by atomic mass is 10.3. The van der Waals surface area contributed by atoms with Crippen molar-refractivity contribution >= 4 is 10.0 Å². The van der Waals surface area contributed by atoms with Gasteiger partial charge in [0.25, 0.3) is 0 Å². The fourth-order valence-corrected chi connectivity index (χ4v) is 3.60. The lowest BCUT2D eigenvalue weighted by Crippen LogP contribution is -2.37. The highest BCUT2D eigenvalue weighted by Gasteiger charge is 2.27. The molecule has 2 aliphatic carbocycles. The second kappa shape index (κ2) is 7.73. The van der Waals surface area contributed by atoms with Gasteiger partial charge in [-0.1, -0.05) is 6.92 Å². The summed E-state index contributed by atoms with van der Waals surface area (Å²) in [4.78, 5) is 2.36. The van der Waals surface area contributed by atoms with Gasteiger partial charge in [0.1, 0.15) is 0 Å². The molecule has 2 rings (SSSR count). The van der Waals surface area contributed by atoms with Gasteiger partial charge >= 0.3 is 0 Å². The van der Waals surface area contributed by atoms with E-state index in [9.17, 15) is 8.42 Å². The Kier molecular flexibility index (Phi) is 6.26. The van der Waals surface area contributed by atoms with Crippen molar-refractivity contribution in [2.24, 2.45) is 0 Å². The molecule has 0 aliphatic heterocycles. The van der Waals surface area contributed by atoms with Crippen LogP contribution in [-0.2, 0) is 10.0 Å². The molecule has 0 radical (unpaired) electrons. The summed E-state index contributed by atoms with van der Waals surface area (Å²) in [5, 5.41) is 3.41. The van der Waals surface area contributed by atoms with E-state index in [1.54, 1.807) is 0 Å². The summed E-state index contributed by atoms with van der Waals surface area (Å²) in [6, 6.07) is 1.42. The van der Waals surface area contributed by atoms with Crippen molar-refractivity contribution in [3.8, 4) is 0 Å². The Morgan fingerprint density at radius 2 is 1.85 bits per heavy atom. The minimum Gasteiger partial charge on any atom is -0.314 e. The monoisotopic (exact) mass is 303 g/mol. The third kappa shape index (κ3) is 6.52. The van der Waals surface area contributed by atoms with Crippen molar-refractivity contribution in [2.45, 2.75) is 57.5 Å². The van der Waals surface area contributed by atoms with E-state index < -0.39 is 10.0 Å². The van der Waals surface area contributed by atoms with Crippen molar-refractivity contribution in [1.82, 2.24) is 14.9 Å². The SMILES string of the molecule is CCN(CCNS(=O)(=O)CCCCNC1CC1)C1CC1. The molecule has 5 nitrogen and oxygen atoms in total. The van der Waals surface area contributed by atoms with Crippen LogP contribution in [0.3, 0.4) is 0 Å². The summed E-state index contributed by atoms with van der Waals surface area (Å²) in [5.74, 6) is 0.259. The summed E-state index contributed by atoms with van der Waals surface area (Å²) < 4.78 is 26.4. The average molecular weight is 303 g/mol. The molecule has 2 aliphatic rings. The Morgan fingerprint density at radius 1 is 1.10 bits per heavy atom. The number of likely N-dealkylation sites (N-methyl/N-ethyl adjacent to an activating group) is 1. The molecular weight excluding hydrogens is 274 g/mol. The smallest absolute Gasteiger partial charge is 0.211 e. The van der Waals surface area contributed by atoms with Crippen LogP contribution in [0.4, 0.5) is 0 Å². The number of hydrogen-bond donors (Lipinski definition) is 2. The van der Waals surface area contributed by atoms with E-state index in [1.165, 1.54) is 25.7 Å². The van der Waals surface area contributed by atoms with Crippen molar-refractivity contribution in [1.29, 1.82) is 0 Å². The Morgan fingerprint density at radius 3 is 2.45 bits per heavy atom. The normalized spacial score (nSPS) is 19.7. The van der Waals surface area contributed by atoms with Crippen LogP contribution in [0.25, 0.3) is 0 Å². The number of nitrogens with one attached hydrogen (secondary N) is 2. The van der Waals surface area contributed by atoms with E-state index in [1.807, 2.05) is 0 Å². The highest BCUT2D eigenvalue weighted by Crippen LogP contribution is 2.25. The first-order valence-electron chi connectivity index (χ1n) is 8.05. The molecule has 2 saturated carbocycles. The van der Waals surface area contributed by atoms with E-state index in [0.717, 1.165) is 32.5 Å². The maximum absolute atomic E-state index is 11.8. The number of hydrogen-bond acceptors (Lipinski definition) is 4. The third-order valence-corrected chi connectivity index (χ3v) is 5.51. The van der Waals surface area contributed by atoms with Crippen LogP contribution in [0, 0.1) is 0 Å². The molecule has 0 unspecified atom stereocenters. The van der Waals surface area contributed by atoms with Gasteiger partial charge in [0.15, 0.2) is 0 Å². The molecule has 0 bridgehead atoms. The van der Waals surface area contributed by atoms with Gasteiger partial charge < -0.3 is 5.32 Å². The minimum absolute atomic E-state index is 0.259. The molecule has 0 saturated heterocycles. The standard InChI is InChI=1S/C14H29N3O2S/c1-2-17(14-7-8-14)11-10-16-20(18,19)12-4-3-9-15-13-5-6-13/h13-16H,2-12H2,1H3. The molecule has 0 atom stereocenters. The fraction of sp³-hybridized carbons (Fsp3) is 1.00. The molecule has 0 heterocycles. The highest BCUT2D eigenvalue weighted by atomic mass is 32.2. The fourth-order valence-electron chi connectivity index (χ4n) is 2.47. The van der Waals surface area contributed by atoms with E-state index in [2.05, 4.69) is 21.9 Å². The summed E-state index contributed by atoms with van der Waals surface area (Å²) in [7, 11) is -3.08. The molecular formula is C14H29N3O2S. The van der Waals surface area contributed by atoms with Crippen LogP contribution >= 0.6 is 0 Å². The second-order valence-electron chi connectivity index (χ2n) is 6.01. The van der Waals surface area contributed by atoms with Gasteiger partial charge in [-0.3, -0.25) is 4.90 Å². The van der Waals surface area contributed by atoms with Crippen LogP contribution in [0.2, 0.25) is 0 Å². The van der Waals surface area contributed by atoms with Crippen molar-refractivity contribution < 1.29 is 8.42 Å². The van der Waals surface area contributed by atoms with Crippen LogP contribution in [0.15, 0.2) is 0 Å². The first-order chi connectivity index (χ1) is 9.61. The van der Waals surface area contributed by atoms with Crippen molar-refractivity contribution in [3.05, 3.63) is 0 Å². The molecule has 20 heavy (non-hydrogen) atoms. The summed E-state index contributed by atoms with van der Waals surface area (Å²) >= 11 is 0. The number of sulfonamides is 1. The Balaban J connectivity index is 1.50. The molecule has 2 fully saturated rings. The van der Waals surface area contributed by atoms with Crippen LogP contribution in [-0.4, -0.2) is 57.3 Å². The number of rotatable bonds is 12. The van der Waals surface area contributed by atoms with Gasteiger partial charge in [-0.2, -0.15) is 0 Å². The second-order valence-corrected chi connectivity index (χ2v) is 7.93. The molecule has 2 N–H and O–H groups in total. The lowest BCUT2D eigenvalue weighted by Gasteiger charge is -2.19. The predicted octanol–water partition coefficient (Wildman–Crippen LogP) is 0.922. The quantitative estimate of drug-likeness (QED) is 0.526. The van der Waals surface area contributed by atoms with Crippen molar-refractivity contribution in [3.63, 3.8) is 0 Å². The zero-order chi connectivity index (χ0) is 14.4. The van der Waals surface area contributed by atoms with E-state index in [4.69, 9.17) is 0 Å². The Hall–Kier alpha value is -0.170. The zero-order valence-corrected chi connectivity index (χ0v) is 13.4. The zero-order valence-electron chi connectivity index (χ0n) is 12.6. The molecule has 0 aromatic heterocycles. The largest absolute Gasteiger partial charge is 0.314 e. The maximum Gasteiger partial charge on any atom is 0.211 e. The molecule has 0 spiro atoms. The van der Waals surface area contributed by atoms with Gasteiger partial charge in [0.05, 0.1) is 5.75 Å². The molecule has 118 valence electrons. The van der Waals surface area contributed by atoms with Gasteiger partial charge in [-0.05, 0) is 51.6 Å². The number of nitrogens with zero attached hydrogens (tertiary/aromatic N) is 1. The van der Waals surface area contributed by atoms with E-state index >= 15 is 0 Å². The van der Waals surface area contributed by atoms with Crippen LogP contribution in [0.5, 0.6) is 0 Å².